The standard InChI is InChI=1S/C41H60N6O7S/c1-39(2,3)52-35(49)27-45-20-18-44(26-34(48)42-31-16-14-30(15-17-31)38-43-32-12-10-11-13-33(32)55-38)19-21-46(28-36(50)53-40(4,5)6)23-25-47(24-22-45)29-37(51)54-41(7,8)9/h10-17H,18-29H2,1-9H3,(H,42,48). The van der Waals surface area contributed by atoms with Crippen LogP contribution in [0.25, 0.3) is 20.8 Å². The molecule has 0 saturated carbocycles. The number of thiazole rings is 1. The van der Waals surface area contributed by atoms with Gasteiger partial charge in [-0.2, -0.15) is 0 Å². The molecule has 55 heavy (non-hydrogen) atoms. The lowest BCUT2D eigenvalue weighted by molar-refractivity contribution is -0.158. The molecule has 0 aliphatic carbocycles. The van der Waals surface area contributed by atoms with E-state index in [9.17, 15) is 19.2 Å². The monoisotopic (exact) mass is 780 g/mol. The van der Waals surface area contributed by atoms with Crippen LogP contribution in [-0.2, 0) is 33.4 Å². The molecule has 0 atom stereocenters. The van der Waals surface area contributed by atoms with Gasteiger partial charge in [-0.3, -0.25) is 38.8 Å². The molecule has 0 radical (unpaired) electrons. The van der Waals surface area contributed by atoms with Gasteiger partial charge in [0, 0.05) is 63.6 Å². The van der Waals surface area contributed by atoms with Gasteiger partial charge in [-0.25, -0.2) is 4.98 Å². The van der Waals surface area contributed by atoms with Gasteiger partial charge in [-0.1, -0.05) is 12.1 Å². The molecule has 1 aromatic heterocycles. The first-order valence-electron chi connectivity index (χ1n) is 19.0. The van der Waals surface area contributed by atoms with E-state index in [4.69, 9.17) is 19.2 Å². The Morgan fingerprint density at radius 3 is 1.35 bits per heavy atom. The Kier molecular flexibility index (Phi) is 15.3. The van der Waals surface area contributed by atoms with Gasteiger partial charge in [0.2, 0.25) is 5.91 Å². The summed E-state index contributed by atoms with van der Waals surface area (Å²) in [5, 5.41) is 3.95. The molecule has 1 saturated heterocycles. The van der Waals surface area contributed by atoms with Crippen molar-refractivity contribution in [2.75, 3.05) is 83.9 Å². The van der Waals surface area contributed by atoms with Crippen molar-refractivity contribution >= 4 is 51.1 Å². The van der Waals surface area contributed by atoms with Crippen molar-refractivity contribution in [3.8, 4) is 10.6 Å². The number of benzene rings is 2. The largest absolute Gasteiger partial charge is 0.459 e. The minimum absolute atomic E-state index is 0.0589. The molecule has 3 aromatic rings. The first-order chi connectivity index (χ1) is 25.7. The fourth-order valence-electron chi connectivity index (χ4n) is 5.98. The average Bonchev–Trinajstić information content (AvgIpc) is 3.48. The molecule has 13 nitrogen and oxygen atoms in total. The Morgan fingerprint density at radius 2 is 0.964 bits per heavy atom. The molecule has 14 heteroatoms. The maximum atomic E-state index is 13.5. The molecule has 2 heterocycles. The molecular formula is C41H60N6O7S. The Hall–Kier alpha value is -3.95. The van der Waals surface area contributed by atoms with Crippen LogP contribution >= 0.6 is 11.3 Å². The smallest absolute Gasteiger partial charge is 0.320 e. The summed E-state index contributed by atoms with van der Waals surface area (Å²) in [6.45, 7) is 20.5. The average molecular weight is 781 g/mol. The highest BCUT2D eigenvalue weighted by Gasteiger charge is 2.26. The van der Waals surface area contributed by atoms with Crippen molar-refractivity contribution in [1.82, 2.24) is 24.6 Å². The number of esters is 3. The normalized spacial score (nSPS) is 16.5. The third-order valence-electron chi connectivity index (χ3n) is 8.32. The topological polar surface area (TPSA) is 134 Å². The highest BCUT2D eigenvalue weighted by molar-refractivity contribution is 7.21. The molecule has 1 aliphatic rings. The van der Waals surface area contributed by atoms with E-state index in [1.807, 2.05) is 124 Å². The fourth-order valence-corrected chi connectivity index (χ4v) is 6.95. The van der Waals surface area contributed by atoms with Gasteiger partial charge < -0.3 is 19.5 Å². The molecule has 0 spiro atoms. The molecule has 1 N–H and O–H groups in total. The number of carbonyl (C=O) groups excluding carboxylic acids is 4. The maximum Gasteiger partial charge on any atom is 0.320 e. The first kappa shape index (κ1) is 43.8. The summed E-state index contributed by atoms with van der Waals surface area (Å²) in [5.74, 6) is -1.22. The molecular weight excluding hydrogens is 721 g/mol. The number of anilines is 1. The number of amides is 1. The van der Waals surface area contributed by atoms with Gasteiger partial charge in [0.05, 0.1) is 36.4 Å². The minimum Gasteiger partial charge on any atom is -0.459 e. The van der Waals surface area contributed by atoms with Crippen molar-refractivity contribution in [3.05, 3.63) is 48.5 Å². The quantitative estimate of drug-likeness (QED) is 0.216. The Balaban J connectivity index is 1.49. The number of ether oxygens (including phenoxy) is 3. The molecule has 1 aliphatic heterocycles. The summed E-state index contributed by atoms with van der Waals surface area (Å²) >= 11 is 1.63. The SMILES string of the molecule is CC(C)(C)OC(=O)CN1CCN(CC(=O)Nc2ccc(-c3nc4ccccc4s3)cc2)CCN(CC(=O)OC(C)(C)C)CCN(CC(=O)OC(C)(C)C)CC1. The van der Waals surface area contributed by atoms with E-state index in [0.29, 0.717) is 58.0 Å². The summed E-state index contributed by atoms with van der Waals surface area (Å²) in [6.07, 6.45) is 0. The summed E-state index contributed by atoms with van der Waals surface area (Å²) in [7, 11) is 0. The molecule has 1 amide bonds. The van der Waals surface area contributed by atoms with Gasteiger partial charge in [-0.05, 0) is 98.7 Å². The van der Waals surface area contributed by atoms with Crippen LogP contribution in [0.1, 0.15) is 62.3 Å². The highest BCUT2D eigenvalue weighted by atomic mass is 32.1. The van der Waals surface area contributed by atoms with Crippen LogP contribution < -0.4 is 5.32 Å². The Morgan fingerprint density at radius 1 is 0.582 bits per heavy atom. The van der Waals surface area contributed by atoms with Gasteiger partial charge in [0.15, 0.2) is 0 Å². The lowest BCUT2D eigenvalue weighted by Gasteiger charge is -2.34. The molecule has 0 unspecified atom stereocenters. The van der Waals surface area contributed by atoms with E-state index in [0.717, 1.165) is 20.8 Å². The molecule has 0 bridgehead atoms. The lowest BCUT2D eigenvalue weighted by atomic mass is 10.2. The van der Waals surface area contributed by atoms with Crippen molar-refractivity contribution < 1.29 is 33.4 Å². The summed E-state index contributed by atoms with van der Waals surface area (Å²) in [4.78, 5) is 65.2. The zero-order valence-corrected chi connectivity index (χ0v) is 34.9. The van der Waals surface area contributed by atoms with Crippen LogP contribution in [0, 0.1) is 0 Å². The third kappa shape index (κ3) is 16.4. The van der Waals surface area contributed by atoms with Crippen molar-refractivity contribution in [2.45, 2.75) is 79.1 Å². The third-order valence-corrected chi connectivity index (χ3v) is 9.41. The number of rotatable bonds is 10. The maximum absolute atomic E-state index is 13.5. The van der Waals surface area contributed by atoms with Gasteiger partial charge in [0.1, 0.15) is 21.8 Å². The predicted octanol–water partition coefficient (Wildman–Crippen LogP) is 5.15. The van der Waals surface area contributed by atoms with Crippen molar-refractivity contribution in [1.29, 1.82) is 0 Å². The van der Waals surface area contributed by atoms with E-state index in [1.165, 1.54) is 0 Å². The number of para-hydroxylation sites is 1. The van der Waals surface area contributed by atoms with E-state index >= 15 is 0 Å². The Bertz CT molecular complexity index is 1660. The second-order valence-corrected chi connectivity index (χ2v) is 18.0. The van der Waals surface area contributed by atoms with Crippen LogP contribution in [0.4, 0.5) is 5.69 Å². The second kappa shape index (κ2) is 19.3. The predicted molar refractivity (Wildman–Crippen MR) is 217 cm³/mol. The van der Waals surface area contributed by atoms with Crippen molar-refractivity contribution in [3.63, 3.8) is 0 Å². The highest BCUT2D eigenvalue weighted by Crippen LogP contribution is 2.30. The van der Waals surface area contributed by atoms with Crippen LogP contribution in [0.2, 0.25) is 0 Å². The summed E-state index contributed by atoms with van der Waals surface area (Å²) < 4.78 is 18.1. The number of carbonyl (C=O) groups is 4. The number of fused-ring (bicyclic) bond motifs is 1. The second-order valence-electron chi connectivity index (χ2n) is 17.0. The minimum atomic E-state index is -0.638. The Labute approximate surface area is 330 Å². The first-order valence-corrected chi connectivity index (χ1v) is 19.8. The van der Waals surface area contributed by atoms with Gasteiger partial charge in [0.25, 0.3) is 0 Å². The molecule has 1 fully saturated rings. The zero-order chi connectivity index (χ0) is 40.4. The van der Waals surface area contributed by atoms with E-state index in [-0.39, 0.29) is 50.0 Å². The van der Waals surface area contributed by atoms with E-state index in [1.54, 1.807) is 11.3 Å². The van der Waals surface area contributed by atoms with E-state index in [2.05, 4.69) is 11.4 Å². The fraction of sp³-hybridized carbons (Fsp3) is 0.585. The summed E-state index contributed by atoms with van der Waals surface area (Å²) in [6, 6.07) is 15.7. The van der Waals surface area contributed by atoms with Crippen LogP contribution in [0.3, 0.4) is 0 Å². The number of hydrogen-bond acceptors (Lipinski definition) is 13. The molecule has 302 valence electrons. The van der Waals surface area contributed by atoms with E-state index < -0.39 is 16.8 Å². The van der Waals surface area contributed by atoms with Crippen molar-refractivity contribution in [2.24, 2.45) is 0 Å². The van der Waals surface area contributed by atoms with Crippen LogP contribution in [-0.4, -0.2) is 144 Å². The molecule has 4 rings (SSSR count). The number of nitrogens with one attached hydrogen (secondary N) is 1. The summed E-state index contributed by atoms with van der Waals surface area (Å²) in [5.41, 5.74) is 0.695. The zero-order valence-electron chi connectivity index (χ0n) is 34.1. The van der Waals surface area contributed by atoms with Crippen LogP contribution in [0.5, 0.6) is 0 Å². The van der Waals surface area contributed by atoms with Gasteiger partial charge in [-0.15, -0.1) is 11.3 Å². The number of aromatic nitrogens is 1. The van der Waals surface area contributed by atoms with Gasteiger partial charge >= 0.3 is 17.9 Å². The molecule has 2 aromatic carbocycles. The lowest BCUT2D eigenvalue weighted by Crippen LogP contribution is -2.50. The van der Waals surface area contributed by atoms with Crippen LogP contribution in [0.15, 0.2) is 48.5 Å². The number of nitrogens with zero attached hydrogens (tertiary/aromatic N) is 5. The number of hydrogen-bond donors (Lipinski definition) is 1.